The monoisotopic (exact) mass is 747 g/mol. The Balaban J connectivity index is 1.46. The molecule has 2 aromatic rings. The van der Waals surface area contributed by atoms with Crippen LogP contribution in [-0.2, 0) is 19.2 Å². The van der Waals surface area contributed by atoms with Crippen LogP contribution >= 0.6 is 11.8 Å². The third kappa shape index (κ3) is 12.2. The van der Waals surface area contributed by atoms with Crippen molar-refractivity contribution in [3.63, 3.8) is 0 Å². The first-order valence-corrected chi connectivity index (χ1v) is 18.6. The third-order valence-corrected chi connectivity index (χ3v) is 10.0. The number of nitrogens with zero attached hydrogens (tertiary/aromatic N) is 2. The van der Waals surface area contributed by atoms with Gasteiger partial charge in [-0.05, 0) is 98.5 Å². The van der Waals surface area contributed by atoms with Crippen LogP contribution in [0.1, 0.15) is 85.3 Å². The van der Waals surface area contributed by atoms with E-state index in [-0.39, 0.29) is 42.1 Å². The summed E-state index contributed by atoms with van der Waals surface area (Å²) in [6.07, 6.45) is 7.64. The Bertz CT molecular complexity index is 1680. The number of primary amides is 1. The summed E-state index contributed by atoms with van der Waals surface area (Å²) >= 11 is 0.902. The summed E-state index contributed by atoms with van der Waals surface area (Å²) < 4.78 is 0. The van der Waals surface area contributed by atoms with Gasteiger partial charge in [-0.2, -0.15) is 0 Å². The second kappa shape index (κ2) is 20.1. The van der Waals surface area contributed by atoms with E-state index in [1.165, 1.54) is 4.90 Å². The fourth-order valence-corrected chi connectivity index (χ4v) is 7.09. The van der Waals surface area contributed by atoms with E-state index in [1.807, 2.05) is 0 Å². The number of hydrogen-bond acceptors (Lipinski definition) is 9. The Morgan fingerprint density at radius 3 is 2.13 bits per heavy atom. The molecule has 1 saturated heterocycles. The molecule has 0 radical (unpaired) electrons. The molecule has 1 aliphatic heterocycles. The van der Waals surface area contributed by atoms with Crippen LogP contribution in [-0.4, -0.2) is 77.4 Å². The molecule has 15 nitrogen and oxygen atoms in total. The number of guanidine groups is 1. The van der Waals surface area contributed by atoms with Gasteiger partial charge in [0.2, 0.25) is 17.7 Å². The maximum Gasteiger partial charge on any atom is 0.293 e. The van der Waals surface area contributed by atoms with Crippen LogP contribution in [0.25, 0.3) is 6.08 Å². The highest BCUT2D eigenvalue weighted by Crippen LogP contribution is 2.35. The van der Waals surface area contributed by atoms with Crippen molar-refractivity contribution in [3.8, 4) is 0 Å². The quantitative estimate of drug-likeness (QED) is 0.0476. The van der Waals surface area contributed by atoms with Gasteiger partial charge in [-0.15, -0.1) is 0 Å². The van der Waals surface area contributed by atoms with Gasteiger partial charge in [-0.3, -0.25) is 38.7 Å². The molecule has 0 aromatic heterocycles. The van der Waals surface area contributed by atoms with Crippen LogP contribution in [0.2, 0.25) is 0 Å². The van der Waals surface area contributed by atoms with E-state index in [0.717, 1.165) is 37.4 Å². The van der Waals surface area contributed by atoms with Crippen LogP contribution in [0.3, 0.4) is 0 Å². The lowest BCUT2D eigenvalue weighted by Gasteiger charge is -2.25. The molecular formula is C37H49N9O6S. The molecule has 2 aliphatic rings. The average Bonchev–Trinajstić information content (AvgIpc) is 3.75. The van der Waals surface area contributed by atoms with Gasteiger partial charge in [0.15, 0.2) is 5.96 Å². The predicted molar refractivity (Wildman–Crippen MR) is 204 cm³/mol. The molecule has 16 heteroatoms. The van der Waals surface area contributed by atoms with Crippen molar-refractivity contribution in [2.75, 3.05) is 19.6 Å². The number of unbranched alkanes of at least 4 members (excludes halogenated alkanes) is 1. The van der Waals surface area contributed by atoms with Gasteiger partial charge >= 0.3 is 0 Å². The Labute approximate surface area is 313 Å². The Kier molecular flexibility index (Phi) is 15.4. The zero-order valence-electron chi connectivity index (χ0n) is 29.6. The minimum atomic E-state index is -1.13. The van der Waals surface area contributed by atoms with Crippen LogP contribution in [0, 0.1) is 5.92 Å². The average molecular weight is 748 g/mol. The molecule has 4 rings (SSSR count). The number of aliphatic imine (C=N–C) groups is 1. The third-order valence-electron chi connectivity index (χ3n) is 9.11. The molecule has 2 fully saturated rings. The summed E-state index contributed by atoms with van der Waals surface area (Å²) in [4.78, 5) is 84.1. The Hall–Kier alpha value is -5.22. The second-order valence-electron chi connectivity index (χ2n) is 13.1. The molecule has 11 N–H and O–H groups in total. The van der Waals surface area contributed by atoms with Crippen molar-refractivity contribution in [3.05, 3.63) is 76.2 Å². The van der Waals surface area contributed by atoms with Crippen molar-refractivity contribution < 1.29 is 28.8 Å². The van der Waals surface area contributed by atoms with Gasteiger partial charge in [-0.1, -0.05) is 55.3 Å². The van der Waals surface area contributed by atoms with E-state index in [0.29, 0.717) is 54.3 Å². The molecule has 0 spiro atoms. The van der Waals surface area contributed by atoms with Crippen LogP contribution in [0.5, 0.6) is 0 Å². The number of imide groups is 1. The van der Waals surface area contributed by atoms with Gasteiger partial charge in [0.25, 0.3) is 17.1 Å². The largest absolute Gasteiger partial charge is 0.370 e. The summed E-state index contributed by atoms with van der Waals surface area (Å²) in [5.74, 6) is -2.68. The molecule has 1 saturated carbocycles. The number of nitrogens with two attached hydrogens (primary N) is 4. The molecule has 1 aliphatic carbocycles. The first-order valence-electron chi connectivity index (χ1n) is 17.8. The smallest absolute Gasteiger partial charge is 0.293 e. The molecule has 1 heterocycles. The van der Waals surface area contributed by atoms with Crippen LogP contribution in [0.15, 0.2) is 64.5 Å². The Morgan fingerprint density at radius 2 is 1.49 bits per heavy atom. The van der Waals surface area contributed by atoms with Crippen molar-refractivity contribution >= 4 is 58.6 Å². The molecule has 0 unspecified atom stereocenters. The number of thioether (sulfide) groups is 1. The zero-order chi connectivity index (χ0) is 38.3. The highest BCUT2D eigenvalue weighted by Gasteiger charge is 2.37. The fraction of sp³-hybridized carbons (Fsp3) is 0.432. The van der Waals surface area contributed by atoms with Crippen LogP contribution < -0.4 is 38.9 Å². The lowest BCUT2D eigenvalue weighted by Crippen LogP contribution is -2.54. The number of benzene rings is 2. The number of amides is 6. The fourth-order valence-electron chi connectivity index (χ4n) is 6.25. The zero-order valence-corrected chi connectivity index (χ0v) is 30.4. The van der Waals surface area contributed by atoms with Crippen molar-refractivity contribution in [2.45, 2.75) is 75.9 Å². The Morgan fingerprint density at radius 1 is 0.849 bits per heavy atom. The molecular weight excluding hydrogens is 699 g/mol. The summed E-state index contributed by atoms with van der Waals surface area (Å²) in [5, 5.41) is 7.86. The molecule has 2 aromatic carbocycles. The normalized spacial score (nSPS) is 16.9. The first-order chi connectivity index (χ1) is 25.5. The van der Waals surface area contributed by atoms with E-state index in [1.54, 1.807) is 60.7 Å². The highest BCUT2D eigenvalue weighted by molar-refractivity contribution is 8.18. The van der Waals surface area contributed by atoms with Gasteiger partial charge < -0.3 is 38.9 Å². The molecule has 0 bridgehead atoms. The maximum atomic E-state index is 13.7. The van der Waals surface area contributed by atoms with E-state index in [4.69, 9.17) is 22.9 Å². The standard InChI is InChI=1S/C37H49N9O6S/c38-19-7-6-13-27(34(50)45-30(31(39)47)25-11-2-1-3-12-25)44-33(49)28(14-8-20-42-36(40)41)43-32(48)26-17-15-23(16-18-26)21-29-35(51)46(37(52)53-29)22-24-9-4-5-10-24/h1-3,11-12,15-18,21,24,27-28,30H,4-10,13-14,19-20,22,38H2,(H2,39,47)(H,43,48)(H,44,49)(H,45,50)(H4,40,41,42)/b29-21-/t27-,28-,30-/m0/s1. The lowest BCUT2D eigenvalue weighted by atomic mass is 10.0. The second-order valence-corrected chi connectivity index (χ2v) is 14.1. The highest BCUT2D eigenvalue weighted by atomic mass is 32.2. The summed E-state index contributed by atoms with van der Waals surface area (Å²) in [7, 11) is 0. The van der Waals surface area contributed by atoms with E-state index < -0.39 is 41.8 Å². The topological polar surface area (TPSA) is 258 Å². The summed E-state index contributed by atoms with van der Waals surface area (Å²) in [6.45, 7) is 1.00. The van der Waals surface area contributed by atoms with Gasteiger partial charge in [0, 0.05) is 18.7 Å². The minimum Gasteiger partial charge on any atom is -0.370 e. The van der Waals surface area contributed by atoms with Crippen molar-refractivity contribution in [1.82, 2.24) is 20.9 Å². The molecule has 6 amide bonds. The van der Waals surface area contributed by atoms with Gasteiger partial charge in [0.1, 0.15) is 18.1 Å². The van der Waals surface area contributed by atoms with E-state index in [9.17, 15) is 28.8 Å². The van der Waals surface area contributed by atoms with Crippen molar-refractivity contribution in [2.24, 2.45) is 33.8 Å². The number of carbonyl (C=O) groups is 6. The number of hydrogen-bond donors (Lipinski definition) is 7. The predicted octanol–water partition coefficient (Wildman–Crippen LogP) is 2.02. The van der Waals surface area contributed by atoms with Crippen LogP contribution in [0.4, 0.5) is 4.79 Å². The first kappa shape index (κ1) is 40.5. The number of nitrogens with one attached hydrogen (secondary N) is 3. The van der Waals surface area contributed by atoms with Gasteiger partial charge in [0.05, 0.1) is 4.91 Å². The lowest BCUT2D eigenvalue weighted by molar-refractivity contribution is -0.132. The summed E-state index contributed by atoms with van der Waals surface area (Å²) in [6, 6.07) is 11.6. The number of carbonyl (C=O) groups excluding carboxylic acids is 6. The molecule has 284 valence electrons. The van der Waals surface area contributed by atoms with Gasteiger partial charge in [-0.25, -0.2) is 0 Å². The number of rotatable bonds is 19. The molecule has 53 heavy (non-hydrogen) atoms. The molecule has 3 atom stereocenters. The van der Waals surface area contributed by atoms with E-state index >= 15 is 0 Å². The van der Waals surface area contributed by atoms with Crippen molar-refractivity contribution in [1.29, 1.82) is 0 Å². The van der Waals surface area contributed by atoms with E-state index in [2.05, 4.69) is 20.9 Å². The SMILES string of the molecule is NCCCC[C@H](NC(=O)[C@H](CCCN=C(N)N)NC(=O)c1ccc(/C=C2\SC(=O)N(CC3CCCC3)C2=O)cc1)C(=O)N[C@H](C(N)=O)c1ccccc1. The summed E-state index contributed by atoms with van der Waals surface area (Å²) in [5.41, 5.74) is 23.5. The minimum absolute atomic E-state index is 0.118. The maximum absolute atomic E-state index is 13.7.